The number of hydrogen-bond donors (Lipinski definition) is 1. The third kappa shape index (κ3) is 6.97. The fraction of sp³-hybridized carbons (Fsp3) is 0.800. The fourth-order valence-electron chi connectivity index (χ4n) is 1.21. The third-order valence-electron chi connectivity index (χ3n) is 1.91. The summed E-state index contributed by atoms with van der Waals surface area (Å²) in [6.07, 6.45) is -0.587. The second-order valence-corrected chi connectivity index (χ2v) is 5.14. The van der Waals surface area contributed by atoms with Crippen LogP contribution in [0.2, 0.25) is 0 Å². The normalized spacial score (nSPS) is 11.2. The van der Waals surface area contributed by atoms with E-state index in [1.54, 1.807) is 25.5 Å². The molecule has 0 radical (unpaired) electrons. The standard InChI is InChI=1S/C10H20N2O6S/c1-4-7-12(8-9(13)17-5-2)19(15,16)11-10(14)18-6-3/h4-8H2,1-3H3,(H,11,14). The summed E-state index contributed by atoms with van der Waals surface area (Å²) >= 11 is 0. The van der Waals surface area contributed by atoms with Crippen molar-refractivity contribution in [2.75, 3.05) is 26.3 Å². The maximum absolute atomic E-state index is 11.9. The summed E-state index contributed by atoms with van der Waals surface area (Å²) < 4.78 is 35.4. The van der Waals surface area contributed by atoms with E-state index >= 15 is 0 Å². The van der Waals surface area contributed by atoms with Gasteiger partial charge in [0, 0.05) is 6.54 Å². The van der Waals surface area contributed by atoms with Gasteiger partial charge < -0.3 is 9.47 Å². The lowest BCUT2D eigenvalue weighted by molar-refractivity contribution is -0.143. The van der Waals surface area contributed by atoms with Gasteiger partial charge in [-0.05, 0) is 20.3 Å². The van der Waals surface area contributed by atoms with Crippen LogP contribution in [0, 0.1) is 0 Å². The molecule has 1 N–H and O–H groups in total. The van der Waals surface area contributed by atoms with Gasteiger partial charge in [0.15, 0.2) is 0 Å². The topological polar surface area (TPSA) is 102 Å². The van der Waals surface area contributed by atoms with E-state index in [1.165, 1.54) is 0 Å². The Kier molecular flexibility index (Phi) is 8.08. The van der Waals surface area contributed by atoms with Crippen LogP contribution < -0.4 is 4.72 Å². The summed E-state index contributed by atoms with van der Waals surface area (Å²) in [5.74, 6) is -0.676. The van der Waals surface area contributed by atoms with Crippen molar-refractivity contribution >= 4 is 22.3 Å². The van der Waals surface area contributed by atoms with Gasteiger partial charge in [-0.3, -0.25) is 4.79 Å². The number of hydrogen-bond acceptors (Lipinski definition) is 6. The summed E-state index contributed by atoms with van der Waals surface area (Å²) in [4.78, 5) is 22.4. The van der Waals surface area contributed by atoms with E-state index < -0.39 is 28.8 Å². The molecule has 1 amide bonds. The highest BCUT2D eigenvalue weighted by Gasteiger charge is 2.26. The van der Waals surface area contributed by atoms with Gasteiger partial charge in [-0.15, -0.1) is 0 Å². The highest BCUT2D eigenvalue weighted by molar-refractivity contribution is 7.87. The molecule has 8 nitrogen and oxygen atoms in total. The number of carbonyl (C=O) groups excluding carboxylic acids is 2. The van der Waals surface area contributed by atoms with Crippen molar-refractivity contribution in [3.8, 4) is 0 Å². The first-order valence-corrected chi connectivity index (χ1v) is 7.41. The smallest absolute Gasteiger partial charge is 0.421 e. The average Bonchev–Trinajstić information content (AvgIpc) is 2.28. The number of rotatable bonds is 8. The molecule has 0 unspecified atom stereocenters. The van der Waals surface area contributed by atoms with E-state index in [0.717, 1.165) is 4.31 Å². The van der Waals surface area contributed by atoms with Gasteiger partial charge in [0.25, 0.3) is 0 Å². The van der Waals surface area contributed by atoms with Gasteiger partial charge in [-0.1, -0.05) is 6.92 Å². The Morgan fingerprint density at radius 3 is 2.16 bits per heavy atom. The Labute approximate surface area is 113 Å². The van der Waals surface area contributed by atoms with Gasteiger partial charge in [0.1, 0.15) is 6.54 Å². The zero-order valence-corrected chi connectivity index (χ0v) is 12.2. The molecule has 0 aliphatic heterocycles. The maximum atomic E-state index is 11.9. The molecule has 0 bridgehead atoms. The summed E-state index contributed by atoms with van der Waals surface area (Å²) in [7, 11) is -4.11. The molecule has 0 aliphatic rings. The van der Waals surface area contributed by atoms with Crippen molar-refractivity contribution in [3.63, 3.8) is 0 Å². The summed E-state index contributed by atoms with van der Waals surface area (Å²) in [6.45, 7) is 4.77. The van der Waals surface area contributed by atoms with Gasteiger partial charge >= 0.3 is 22.3 Å². The van der Waals surface area contributed by atoms with Crippen molar-refractivity contribution in [1.82, 2.24) is 9.03 Å². The Morgan fingerprint density at radius 1 is 1.11 bits per heavy atom. The van der Waals surface area contributed by atoms with Gasteiger partial charge in [-0.2, -0.15) is 12.7 Å². The number of carbonyl (C=O) groups is 2. The lowest BCUT2D eigenvalue weighted by Crippen LogP contribution is -2.46. The van der Waals surface area contributed by atoms with E-state index in [2.05, 4.69) is 9.47 Å². The molecule has 0 aromatic rings. The largest absolute Gasteiger partial charge is 0.465 e. The molecule has 0 atom stereocenters. The molecular weight excluding hydrogens is 276 g/mol. The Balaban J connectivity index is 4.74. The second-order valence-electron chi connectivity index (χ2n) is 3.47. The molecular formula is C10H20N2O6S. The minimum absolute atomic E-state index is 0.0486. The van der Waals surface area contributed by atoms with E-state index in [0.29, 0.717) is 6.42 Å². The maximum Gasteiger partial charge on any atom is 0.421 e. The molecule has 0 aliphatic carbocycles. The predicted molar refractivity (Wildman–Crippen MR) is 67.6 cm³/mol. The van der Waals surface area contributed by atoms with Crippen molar-refractivity contribution in [1.29, 1.82) is 0 Å². The number of amides is 1. The van der Waals surface area contributed by atoms with Crippen molar-refractivity contribution in [2.24, 2.45) is 0 Å². The Hall–Kier alpha value is -1.35. The van der Waals surface area contributed by atoms with Crippen LogP contribution in [0.5, 0.6) is 0 Å². The van der Waals surface area contributed by atoms with Crippen LogP contribution >= 0.6 is 0 Å². The van der Waals surface area contributed by atoms with Crippen molar-refractivity contribution in [2.45, 2.75) is 27.2 Å². The highest BCUT2D eigenvalue weighted by Crippen LogP contribution is 2.01. The summed E-state index contributed by atoms with van der Waals surface area (Å²) in [5.41, 5.74) is 0. The quantitative estimate of drug-likeness (QED) is 0.644. The van der Waals surface area contributed by atoms with Gasteiger partial charge in [0.2, 0.25) is 0 Å². The molecule has 9 heteroatoms. The molecule has 0 aromatic heterocycles. The number of ether oxygens (including phenoxy) is 2. The van der Waals surface area contributed by atoms with Crippen LogP contribution in [0.3, 0.4) is 0 Å². The van der Waals surface area contributed by atoms with Crippen LogP contribution in [0.25, 0.3) is 0 Å². The first-order valence-electron chi connectivity index (χ1n) is 5.97. The van der Waals surface area contributed by atoms with Crippen molar-refractivity contribution in [3.05, 3.63) is 0 Å². The fourth-order valence-corrected chi connectivity index (χ4v) is 2.31. The molecule has 0 spiro atoms. The lowest BCUT2D eigenvalue weighted by atomic mass is 10.5. The van der Waals surface area contributed by atoms with Crippen LogP contribution in [0.15, 0.2) is 0 Å². The zero-order chi connectivity index (χ0) is 14.9. The number of nitrogens with zero attached hydrogens (tertiary/aromatic N) is 1. The molecule has 0 saturated carbocycles. The molecule has 112 valence electrons. The van der Waals surface area contributed by atoms with Gasteiger partial charge in [0.05, 0.1) is 13.2 Å². The molecule has 0 rings (SSSR count). The Bertz CT molecular complexity index is 395. The molecule has 0 aromatic carbocycles. The zero-order valence-electron chi connectivity index (χ0n) is 11.3. The second kappa shape index (κ2) is 8.70. The third-order valence-corrected chi connectivity index (χ3v) is 3.33. The predicted octanol–water partition coefficient (Wildman–Crippen LogP) is 0.252. The molecule has 19 heavy (non-hydrogen) atoms. The average molecular weight is 296 g/mol. The van der Waals surface area contributed by atoms with Crippen molar-refractivity contribution < 1.29 is 27.5 Å². The molecule has 0 fully saturated rings. The van der Waals surface area contributed by atoms with E-state index in [9.17, 15) is 18.0 Å². The highest BCUT2D eigenvalue weighted by atomic mass is 32.2. The monoisotopic (exact) mass is 296 g/mol. The van der Waals surface area contributed by atoms with Crippen LogP contribution in [0.1, 0.15) is 27.2 Å². The molecule has 0 saturated heterocycles. The number of nitrogens with one attached hydrogen (secondary N) is 1. The summed E-state index contributed by atoms with van der Waals surface area (Å²) in [6, 6.07) is 0. The van der Waals surface area contributed by atoms with Crippen LogP contribution in [0.4, 0.5) is 4.79 Å². The first-order chi connectivity index (χ1) is 8.87. The summed E-state index contributed by atoms with van der Waals surface area (Å²) in [5, 5.41) is 0. The first kappa shape index (κ1) is 17.6. The minimum atomic E-state index is -4.11. The minimum Gasteiger partial charge on any atom is -0.465 e. The van der Waals surface area contributed by atoms with E-state index in [4.69, 9.17) is 0 Å². The SMILES string of the molecule is CCCN(CC(=O)OCC)S(=O)(=O)NC(=O)OCC. The van der Waals surface area contributed by atoms with Crippen LogP contribution in [-0.2, 0) is 24.5 Å². The van der Waals surface area contributed by atoms with E-state index in [-0.39, 0.29) is 19.8 Å². The van der Waals surface area contributed by atoms with Gasteiger partial charge in [-0.25, -0.2) is 9.52 Å². The van der Waals surface area contributed by atoms with Crippen LogP contribution in [-0.4, -0.2) is 51.1 Å². The van der Waals surface area contributed by atoms with E-state index in [1.807, 2.05) is 0 Å². The molecule has 0 heterocycles. The number of esters is 1. The lowest BCUT2D eigenvalue weighted by Gasteiger charge is -2.20. The Morgan fingerprint density at radius 2 is 1.68 bits per heavy atom.